The van der Waals surface area contributed by atoms with Crippen LogP contribution in [0.4, 0.5) is 4.39 Å². The summed E-state index contributed by atoms with van der Waals surface area (Å²) >= 11 is 0. The number of rotatable bonds is 6. The number of nitrogens with zero attached hydrogens (tertiary/aromatic N) is 3. The zero-order chi connectivity index (χ0) is 17.6. The van der Waals surface area contributed by atoms with Crippen molar-refractivity contribution in [2.75, 3.05) is 52.4 Å². The predicted octanol–water partition coefficient (Wildman–Crippen LogP) is 2.56. The Morgan fingerprint density at radius 3 is 2.24 bits per heavy atom. The third-order valence-corrected chi connectivity index (χ3v) is 5.57. The van der Waals surface area contributed by atoms with E-state index in [0.29, 0.717) is 12.0 Å². The maximum atomic E-state index is 13.9. The molecule has 2 aliphatic rings. The van der Waals surface area contributed by atoms with E-state index in [1.54, 1.807) is 12.1 Å². The molecule has 1 aromatic carbocycles. The molecule has 3 rings (SSSR count). The van der Waals surface area contributed by atoms with Crippen LogP contribution in [-0.4, -0.2) is 73.0 Å². The van der Waals surface area contributed by atoms with Crippen molar-refractivity contribution in [1.82, 2.24) is 14.7 Å². The van der Waals surface area contributed by atoms with Crippen LogP contribution in [0, 0.1) is 5.82 Å². The van der Waals surface area contributed by atoms with Crippen molar-refractivity contribution in [1.29, 1.82) is 0 Å². The van der Waals surface area contributed by atoms with E-state index in [-0.39, 0.29) is 17.6 Å². The summed E-state index contributed by atoms with van der Waals surface area (Å²) in [6.45, 7) is 10.2. The van der Waals surface area contributed by atoms with Crippen LogP contribution in [-0.2, 0) is 4.79 Å². The molecular formula is C20H30FN3O. The molecule has 4 nitrogen and oxygen atoms in total. The monoisotopic (exact) mass is 347 g/mol. The summed E-state index contributed by atoms with van der Waals surface area (Å²) in [5.74, 6) is -0.147. The first-order valence-electron chi connectivity index (χ1n) is 9.60. The van der Waals surface area contributed by atoms with Gasteiger partial charge in [-0.05, 0) is 43.5 Å². The average molecular weight is 347 g/mol. The molecule has 0 radical (unpaired) electrons. The van der Waals surface area contributed by atoms with Crippen molar-refractivity contribution in [3.05, 3.63) is 35.6 Å². The second kappa shape index (κ2) is 8.77. The summed E-state index contributed by atoms with van der Waals surface area (Å²) in [6.07, 6.45) is 3.06. The smallest absolute Gasteiger partial charge is 0.223 e. The Balaban J connectivity index is 1.41. The van der Waals surface area contributed by atoms with Gasteiger partial charge in [0, 0.05) is 45.7 Å². The Bertz CT molecular complexity index is 566. The minimum Gasteiger partial charge on any atom is -0.340 e. The van der Waals surface area contributed by atoms with E-state index in [0.717, 1.165) is 39.3 Å². The maximum Gasteiger partial charge on any atom is 0.223 e. The zero-order valence-corrected chi connectivity index (χ0v) is 15.3. The van der Waals surface area contributed by atoms with Crippen molar-refractivity contribution >= 4 is 5.91 Å². The molecular weight excluding hydrogens is 317 g/mol. The molecule has 138 valence electrons. The van der Waals surface area contributed by atoms with Gasteiger partial charge in [0.05, 0.1) is 0 Å². The van der Waals surface area contributed by atoms with Crippen LogP contribution in [0.5, 0.6) is 0 Å². The Labute approximate surface area is 150 Å². The maximum absolute atomic E-state index is 13.9. The Morgan fingerprint density at radius 2 is 1.60 bits per heavy atom. The number of hydrogen-bond acceptors (Lipinski definition) is 3. The number of carbonyl (C=O) groups excluding carboxylic acids is 1. The lowest BCUT2D eigenvalue weighted by molar-refractivity contribution is -0.133. The molecule has 0 aromatic heterocycles. The first-order valence-corrected chi connectivity index (χ1v) is 9.60. The molecule has 0 aliphatic carbocycles. The fraction of sp³-hybridized carbons (Fsp3) is 0.650. The highest BCUT2D eigenvalue weighted by atomic mass is 19.1. The highest BCUT2D eigenvalue weighted by Crippen LogP contribution is 2.23. The molecule has 2 fully saturated rings. The van der Waals surface area contributed by atoms with Gasteiger partial charge in [0.1, 0.15) is 5.82 Å². The van der Waals surface area contributed by atoms with E-state index in [1.807, 2.05) is 17.9 Å². The highest BCUT2D eigenvalue weighted by molar-refractivity contribution is 5.77. The number of carbonyl (C=O) groups is 1. The van der Waals surface area contributed by atoms with E-state index in [4.69, 9.17) is 0 Å². The van der Waals surface area contributed by atoms with Crippen LogP contribution in [0.3, 0.4) is 0 Å². The number of halogens is 1. The molecule has 2 aliphatic heterocycles. The normalized spacial score (nSPS) is 20.8. The number of hydrogen-bond donors (Lipinski definition) is 0. The van der Waals surface area contributed by atoms with Crippen LogP contribution >= 0.6 is 0 Å². The Morgan fingerprint density at radius 1 is 1.00 bits per heavy atom. The Kier molecular flexibility index (Phi) is 6.43. The SMILES string of the molecule is C[C@H](CC(=O)N1CCN(CCN2CCCC2)CC1)c1ccccc1F. The Hall–Kier alpha value is -1.46. The van der Waals surface area contributed by atoms with Crippen LogP contribution in [0.1, 0.15) is 37.7 Å². The lowest BCUT2D eigenvalue weighted by Gasteiger charge is -2.36. The molecule has 25 heavy (non-hydrogen) atoms. The summed E-state index contributed by atoms with van der Waals surface area (Å²) in [7, 11) is 0. The van der Waals surface area contributed by atoms with Gasteiger partial charge in [-0.1, -0.05) is 25.1 Å². The second-order valence-corrected chi connectivity index (χ2v) is 7.40. The molecule has 0 bridgehead atoms. The molecule has 0 saturated carbocycles. The summed E-state index contributed by atoms with van der Waals surface area (Å²) in [5.41, 5.74) is 0.639. The van der Waals surface area contributed by atoms with Crippen LogP contribution in [0.25, 0.3) is 0 Å². The largest absolute Gasteiger partial charge is 0.340 e. The second-order valence-electron chi connectivity index (χ2n) is 7.40. The predicted molar refractivity (Wildman–Crippen MR) is 98.1 cm³/mol. The summed E-state index contributed by atoms with van der Waals surface area (Å²) in [6, 6.07) is 6.77. The highest BCUT2D eigenvalue weighted by Gasteiger charge is 2.24. The van der Waals surface area contributed by atoms with E-state index < -0.39 is 0 Å². The number of benzene rings is 1. The molecule has 1 aromatic rings. The molecule has 1 amide bonds. The molecule has 2 saturated heterocycles. The lowest BCUT2D eigenvalue weighted by Crippen LogP contribution is -2.50. The first-order chi connectivity index (χ1) is 12.1. The van der Waals surface area contributed by atoms with Gasteiger partial charge in [-0.3, -0.25) is 9.69 Å². The summed E-state index contributed by atoms with van der Waals surface area (Å²) < 4.78 is 13.9. The number of piperazine rings is 1. The van der Waals surface area contributed by atoms with Gasteiger partial charge < -0.3 is 9.80 Å². The van der Waals surface area contributed by atoms with Gasteiger partial charge in [0.2, 0.25) is 5.91 Å². The van der Waals surface area contributed by atoms with Crippen molar-refractivity contribution < 1.29 is 9.18 Å². The molecule has 0 N–H and O–H groups in total. The fourth-order valence-corrected chi connectivity index (χ4v) is 3.89. The standard InChI is InChI=1S/C20H30FN3O/c1-17(18-6-2-3-7-19(18)21)16-20(25)24-14-12-23(13-15-24)11-10-22-8-4-5-9-22/h2-3,6-7,17H,4-5,8-16H2,1H3/t17-/m1/s1. The molecule has 0 unspecified atom stereocenters. The van der Waals surface area contributed by atoms with Crippen molar-refractivity contribution in [3.8, 4) is 0 Å². The minimum atomic E-state index is -0.213. The topological polar surface area (TPSA) is 26.8 Å². The molecule has 5 heteroatoms. The van der Waals surface area contributed by atoms with Gasteiger partial charge in [-0.25, -0.2) is 4.39 Å². The van der Waals surface area contributed by atoms with Crippen molar-refractivity contribution in [2.24, 2.45) is 0 Å². The van der Waals surface area contributed by atoms with Crippen molar-refractivity contribution in [3.63, 3.8) is 0 Å². The summed E-state index contributed by atoms with van der Waals surface area (Å²) in [5, 5.41) is 0. The molecule has 2 heterocycles. The number of amides is 1. The average Bonchev–Trinajstić information content (AvgIpc) is 3.14. The van der Waals surface area contributed by atoms with Gasteiger partial charge in [0.15, 0.2) is 0 Å². The lowest BCUT2D eigenvalue weighted by atomic mass is 9.96. The fourth-order valence-electron chi connectivity index (χ4n) is 3.89. The van der Waals surface area contributed by atoms with Crippen LogP contribution in [0.2, 0.25) is 0 Å². The third-order valence-electron chi connectivity index (χ3n) is 5.57. The minimum absolute atomic E-state index is 0.0816. The van der Waals surface area contributed by atoms with Gasteiger partial charge in [-0.15, -0.1) is 0 Å². The van der Waals surface area contributed by atoms with E-state index >= 15 is 0 Å². The summed E-state index contributed by atoms with van der Waals surface area (Å²) in [4.78, 5) is 19.5. The van der Waals surface area contributed by atoms with E-state index in [9.17, 15) is 9.18 Å². The van der Waals surface area contributed by atoms with Gasteiger partial charge in [-0.2, -0.15) is 0 Å². The van der Waals surface area contributed by atoms with Crippen molar-refractivity contribution in [2.45, 2.75) is 32.1 Å². The van der Waals surface area contributed by atoms with Crippen LogP contribution < -0.4 is 0 Å². The van der Waals surface area contributed by atoms with Gasteiger partial charge >= 0.3 is 0 Å². The van der Waals surface area contributed by atoms with Gasteiger partial charge in [0.25, 0.3) is 0 Å². The molecule has 0 spiro atoms. The quantitative estimate of drug-likeness (QED) is 0.791. The van der Waals surface area contributed by atoms with Crippen LogP contribution in [0.15, 0.2) is 24.3 Å². The number of likely N-dealkylation sites (tertiary alicyclic amines) is 1. The van der Waals surface area contributed by atoms with E-state index in [2.05, 4.69) is 9.80 Å². The van der Waals surface area contributed by atoms with E-state index in [1.165, 1.54) is 32.0 Å². The third kappa shape index (κ3) is 5.02. The first kappa shape index (κ1) is 18.3. The molecule has 1 atom stereocenters. The zero-order valence-electron chi connectivity index (χ0n) is 15.3.